The van der Waals surface area contributed by atoms with Crippen LogP contribution in [-0.4, -0.2) is 37.6 Å². The summed E-state index contributed by atoms with van der Waals surface area (Å²) in [5.41, 5.74) is 0.0279. The molecule has 2 fully saturated rings. The molecule has 0 aromatic rings. The van der Waals surface area contributed by atoms with E-state index < -0.39 is 0 Å². The van der Waals surface area contributed by atoms with E-state index in [0.29, 0.717) is 11.8 Å². The summed E-state index contributed by atoms with van der Waals surface area (Å²) in [7, 11) is 0. The molecule has 3 nitrogen and oxygen atoms in total. The molecule has 4 atom stereocenters. The van der Waals surface area contributed by atoms with Gasteiger partial charge in [-0.1, -0.05) is 40.5 Å². The van der Waals surface area contributed by atoms with Gasteiger partial charge in [-0.2, -0.15) is 0 Å². The molecule has 0 saturated carbocycles. The number of rotatable bonds is 10. The average molecular weight is 270 g/mol. The molecule has 3 heteroatoms. The van der Waals surface area contributed by atoms with Crippen LogP contribution < -0.4 is 0 Å². The largest absolute Gasteiger partial charge is 0.375 e. The van der Waals surface area contributed by atoms with Gasteiger partial charge in [-0.15, -0.1) is 0 Å². The summed E-state index contributed by atoms with van der Waals surface area (Å²) in [6.45, 7) is 12.2. The Bertz CT molecular complexity index is 254. The number of hydrogen-bond acceptors (Lipinski definition) is 3. The Hall–Kier alpha value is -0.120. The SMILES string of the molecule is CCCC(C)C1(COCC2(C(C)CCC)CO2)CO1. The van der Waals surface area contributed by atoms with Crippen molar-refractivity contribution in [2.24, 2.45) is 11.8 Å². The van der Waals surface area contributed by atoms with Crippen LogP contribution in [0.2, 0.25) is 0 Å². The topological polar surface area (TPSA) is 34.3 Å². The molecule has 19 heavy (non-hydrogen) atoms. The average Bonchev–Trinajstić information content (AvgIpc) is 3.25. The second-order valence-electron chi connectivity index (χ2n) is 6.58. The molecule has 4 unspecified atom stereocenters. The highest BCUT2D eigenvalue weighted by Crippen LogP contribution is 2.41. The summed E-state index contributed by atoms with van der Waals surface area (Å²) in [6, 6.07) is 0. The maximum absolute atomic E-state index is 5.97. The van der Waals surface area contributed by atoms with Crippen LogP contribution in [0.15, 0.2) is 0 Å². The molecule has 0 N–H and O–H groups in total. The fourth-order valence-corrected chi connectivity index (χ4v) is 2.99. The summed E-state index contributed by atoms with van der Waals surface area (Å²) < 4.78 is 17.3. The summed E-state index contributed by atoms with van der Waals surface area (Å²) in [6.07, 6.45) is 4.87. The normalized spacial score (nSPS) is 36.0. The fourth-order valence-electron chi connectivity index (χ4n) is 2.99. The van der Waals surface area contributed by atoms with E-state index in [2.05, 4.69) is 27.7 Å². The van der Waals surface area contributed by atoms with E-state index in [-0.39, 0.29) is 11.2 Å². The highest BCUT2D eigenvalue weighted by Gasteiger charge is 2.52. The van der Waals surface area contributed by atoms with Gasteiger partial charge < -0.3 is 14.2 Å². The van der Waals surface area contributed by atoms with Gasteiger partial charge in [0.05, 0.1) is 26.4 Å². The van der Waals surface area contributed by atoms with Crippen molar-refractivity contribution in [3.05, 3.63) is 0 Å². The molecule has 0 radical (unpaired) electrons. The van der Waals surface area contributed by atoms with Gasteiger partial charge in [-0.05, 0) is 24.7 Å². The Morgan fingerprint density at radius 3 is 1.53 bits per heavy atom. The highest BCUT2D eigenvalue weighted by molar-refractivity contribution is 4.99. The molecule has 2 saturated heterocycles. The molecule has 0 spiro atoms. The molecule has 0 amide bonds. The predicted molar refractivity (Wildman–Crippen MR) is 76.3 cm³/mol. The lowest BCUT2D eigenvalue weighted by molar-refractivity contribution is 0.0108. The van der Waals surface area contributed by atoms with E-state index in [1.807, 2.05) is 0 Å². The van der Waals surface area contributed by atoms with E-state index in [9.17, 15) is 0 Å². The van der Waals surface area contributed by atoms with E-state index in [4.69, 9.17) is 14.2 Å². The lowest BCUT2D eigenvalue weighted by Crippen LogP contribution is -2.33. The lowest BCUT2D eigenvalue weighted by atomic mass is 9.90. The first-order valence-electron chi connectivity index (χ1n) is 7.94. The first-order valence-corrected chi connectivity index (χ1v) is 7.94. The van der Waals surface area contributed by atoms with Crippen LogP contribution in [0.4, 0.5) is 0 Å². The monoisotopic (exact) mass is 270 g/mol. The van der Waals surface area contributed by atoms with Crippen molar-refractivity contribution in [3.8, 4) is 0 Å². The Kier molecular flexibility index (Phi) is 4.91. The van der Waals surface area contributed by atoms with Gasteiger partial charge >= 0.3 is 0 Å². The number of ether oxygens (including phenoxy) is 3. The first kappa shape index (κ1) is 15.3. The Balaban J connectivity index is 1.72. The van der Waals surface area contributed by atoms with Crippen molar-refractivity contribution in [1.82, 2.24) is 0 Å². The standard InChI is InChI=1S/C16H30O3/c1-5-7-13(3)15(11-18-15)9-17-10-16(12-19-16)14(4)8-6-2/h13-14H,5-12H2,1-4H3. The minimum Gasteiger partial charge on any atom is -0.375 e. The minimum absolute atomic E-state index is 0.0140. The van der Waals surface area contributed by atoms with Crippen LogP contribution in [0.1, 0.15) is 53.4 Å². The molecular formula is C16H30O3. The molecule has 0 aromatic heterocycles. The highest BCUT2D eigenvalue weighted by atomic mass is 16.6. The van der Waals surface area contributed by atoms with Crippen molar-refractivity contribution >= 4 is 0 Å². The van der Waals surface area contributed by atoms with Crippen LogP contribution in [0.3, 0.4) is 0 Å². The van der Waals surface area contributed by atoms with Crippen molar-refractivity contribution in [1.29, 1.82) is 0 Å². The van der Waals surface area contributed by atoms with Crippen LogP contribution in [0.25, 0.3) is 0 Å². The van der Waals surface area contributed by atoms with Crippen molar-refractivity contribution in [2.75, 3.05) is 26.4 Å². The van der Waals surface area contributed by atoms with E-state index in [1.165, 1.54) is 25.7 Å². The zero-order chi connectivity index (χ0) is 13.9. The zero-order valence-electron chi connectivity index (χ0n) is 13.0. The first-order chi connectivity index (χ1) is 9.08. The molecule has 2 aliphatic rings. The second kappa shape index (κ2) is 6.11. The summed E-state index contributed by atoms with van der Waals surface area (Å²) in [5, 5.41) is 0. The van der Waals surface area contributed by atoms with E-state index >= 15 is 0 Å². The van der Waals surface area contributed by atoms with Gasteiger partial charge in [0.15, 0.2) is 0 Å². The molecule has 0 aliphatic carbocycles. The Morgan fingerprint density at radius 2 is 1.26 bits per heavy atom. The molecule has 2 aliphatic heterocycles. The third-order valence-corrected chi connectivity index (χ3v) is 4.96. The van der Waals surface area contributed by atoms with Crippen LogP contribution in [-0.2, 0) is 14.2 Å². The maximum atomic E-state index is 5.97. The third kappa shape index (κ3) is 3.50. The Morgan fingerprint density at radius 1 is 0.895 bits per heavy atom. The summed E-state index contributed by atoms with van der Waals surface area (Å²) in [5.74, 6) is 1.20. The van der Waals surface area contributed by atoms with Gasteiger partial charge in [-0.25, -0.2) is 0 Å². The Labute approximate surface area is 118 Å². The second-order valence-corrected chi connectivity index (χ2v) is 6.58. The van der Waals surface area contributed by atoms with Crippen molar-refractivity contribution in [2.45, 2.75) is 64.6 Å². The smallest absolute Gasteiger partial charge is 0.117 e. The van der Waals surface area contributed by atoms with Gasteiger partial charge in [0.2, 0.25) is 0 Å². The zero-order valence-corrected chi connectivity index (χ0v) is 13.0. The van der Waals surface area contributed by atoms with Gasteiger partial charge in [-0.3, -0.25) is 0 Å². The molecule has 112 valence electrons. The number of epoxide rings is 2. The number of hydrogen-bond donors (Lipinski definition) is 0. The minimum atomic E-state index is 0.0140. The molecule has 2 rings (SSSR count). The van der Waals surface area contributed by atoms with E-state index in [0.717, 1.165) is 26.4 Å². The molecule has 0 bridgehead atoms. The van der Waals surface area contributed by atoms with Crippen LogP contribution >= 0.6 is 0 Å². The van der Waals surface area contributed by atoms with Gasteiger partial charge in [0.1, 0.15) is 11.2 Å². The van der Waals surface area contributed by atoms with Gasteiger partial charge in [0, 0.05) is 0 Å². The van der Waals surface area contributed by atoms with Crippen LogP contribution in [0, 0.1) is 11.8 Å². The third-order valence-electron chi connectivity index (χ3n) is 4.96. The molecule has 2 heterocycles. The van der Waals surface area contributed by atoms with E-state index in [1.54, 1.807) is 0 Å². The quantitative estimate of drug-likeness (QED) is 0.570. The molecular weight excluding hydrogens is 240 g/mol. The van der Waals surface area contributed by atoms with Crippen molar-refractivity contribution < 1.29 is 14.2 Å². The van der Waals surface area contributed by atoms with Gasteiger partial charge in [0.25, 0.3) is 0 Å². The fraction of sp³-hybridized carbons (Fsp3) is 1.00. The maximum Gasteiger partial charge on any atom is 0.117 e. The predicted octanol–water partition coefficient (Wildman–Crippen LogP) is 3.41. The molecule has 0 aromatic carbocycles. The summed E-state index contributed by atoms with van der Waals surface area (Å²) >= 11 is 0. The lowest BCUT2D eigenvalue weighted by Gasteiger charge is -2.23. The summed E-state index contributed by atoms with van der Waals surface area (Å²) in [4.78, 5) is 0. The van der Waals surface area contributed by atoms with Crippen molar-refractivity contribution in [3.63, 3.8) is 0 Å². The van der Waals surface area contributed by atoms with Crippen LogP contribution in [0.5, 0.6) is 0 Å².